The van der Waals surface area contributed by atoms with Gasteiger partial charge in [0.15, 0.2) is 0 Å². The lowest BCUT2D eigenvalue weighted by molar-refractivity contribution is -0.140. The molecule has 5 nitrogen and oxygen atoms in total. The van der Waals surface area contributed by atoms with Crippen molar-refractivity contribution in [2.75, 3.05) is 12.5 Å². The zero-order valence-electron chi connectivity index (χ0n) is 9.70. The number of carbonyl (C=O) groups excluding carboxylic acids is 2. The van der Waals surface area contributed by atoms with E-state index in [0.29, 0.717) is 18.9 Å². The molecule has 0 bridgehead atoms. The largest absolute Gasteiger partial charge is 0.466 e. The van der Waals surface area contributed by atoms with Crippen molar-refractivity contribution >= 4 is 23.6 Å². The van der Waals surface area contributed by atoms with Crippen molar-refractivity contribution in [2.24, 2.45) is 0 Å². The van der Waals surface area contributed by atoms with Crippen molar-refractivity contribution in [1.82, 2.24) is 10.4 Å². The zero-order valence-corrected chi connectivity index (χ0v) is 10.5. The summed E-state index contributed by atoms with van der Waals surface area (Å²) < 4.78 is 4.88. The van der Waals surface area contributed by atoms with Crippen LogP contribution in [0.3, 0.4) is 0 Å². The summed E-state index contributed by atoms with van der Waals surface area (Å²) in [5.74, 6) is 0.363. The average Bonchev–Trinajstić information content (AvgIpc) is 2.48. The van der Waals surface area contributed by atoms with Crippen LogP contribution in [0.25, 0.3) is 0 Å². The van der Waals surface area contributed by atoms with Crippen molar-refractivity contribution in [3.8, 4) is 0 Å². The van der Waals surface area contributed by atoms with Crippen LogP contribution in [0, 0.1) is 0 Å². The number of rotatable bonds is 4. The Hall–Kier alpha value is -1.17. The van der Waals surface area contributed by atoms with E-state index in [1.165, 1.54) is 13.8 Å². The fourth-order valence-electron chi connectivity index (χ4n) is 1.34. The predicted octanol–water partition coefficient (Wildman–Crippen LogP) is 1.23. The lowest BCUT2D eigenvalue weighted by Gasteiger charge is -2.18. The SMILES string of the molecule is CC(=O)NN1CSC(CCOC(C)=O)=C1C. The van der Waals surface area contributed by atoms with E-state index < -0.39 is 0 Å². The molecule has 16 heavy (non-hydrogen) atoms. The van der Waals surface area contributed by atoms with Gasteiger partial charge in [-0.05, 0) is 6.92 Å². The van der Waals surface area contributed by atoms with Crippen molar-refractivity contribution in [3.63, 3.8) is 0 Å². The van der Waals surface area contributed by atoms with Crippen molar-refractivity contribution in [1.29, 1.82) is 0 Å². The highest BCUT2D eigenvalue weighted by Crippen LogP contribution is 2.32. The number of amides is 1. The van der Waals surface area contributed by atoms with Gasteiger partial charge in [0.05, 0.1) is 12.5 Å². The number of thioether (sulfide) groups is 1. The van der Waals surface area contributed by atoms with Crippen LogP contribution >= 0.6 is 11.8 Å². The number of hydrogen-bond acceptors (Lipinski definition) is 5. The number of esters is 1. The molecule has 0 radical (unpaired) electrons. The molecule has 0 aromatic carbocycles. The molecule has 0 aromatic heterocycles. The lowest BCUT2D eigenvalue weighted by atomic mass is 10.3. The molecule has 90 valence electrons. The van der Waals surface area contributed by atoms with E-state index in [4.69, 9.17) is 4.74 Å². The number of hydrazine groups is 1. The zero-order chi connectivity index (χ0) is 12.1. The normalized spacial score (nSPS) is 15.3. The number of nitrogens with zero attached hydrogens (tertiary/aromatic N) is 1. The molecule has 1 rings (SSSR count). The third-order valence-electron chi connectivity index (χ3n) is 2.10. The van der Waals surface area contributed by atoms with E-state index in [2.05, 4.69) is 5.43 Å². The highest BCUT2D eigenvalue weighted by molar-refractivity contribution is 8.03. The molecule has 0 spiro atoms. The first kappa shape index (κ1) is 12.9. The number of allylic oxidation sites excluding steroid dienone is 1. The standard InChI is InChI=1S/C10H16N2O3S/c1-7-10(4-5-15-9(3)14)16-6-12(7)11-8(2)13/h4-6H2,1-3H3,(H,11,13). The van der Waals surface area contributed by atoms with Gasteiger partial charge in [-0.2, -0.15) is 0 Å². The van der Waals surface area contributed by atoms with Crippen LogP contribution in [-0.2, 0) is 14.3 Å². The van der Waals surface area contributed by atoms with Crippen LogP contribution in [0.4, 0.5) is 0 Å². The Bertz CT molecular complexity index is 328. The molecular formula is C10H16N2O3S. The summed E-state index contributed by atoms with van der Waals surface area (Å²) in [6.07, 6.45) is 0.701. The molecule has 0 fully saturated rings. The highest BCUT2D eigenvalue weighted by Gasteiger charge is 2.20. The summed E-state index contributed by atoms with van der Waals surface area (Å²) in [6.45, 7) is 5.21. The van der Waals surface area contributed by atoms with Gasteiger partial charge < -0.3 is 4.74 Å². The monoisotopic (exact) mass is 244 g/mol. The topological polar surface area (TPSA) is 58.6 Å². The Morgan fingerprint density at radius 3 is 2.75 bits per heavy atom. The first-order valence-electron chi connectivity index (χ1n) is 5.01. The Balaban J connectivity index is 2.44. The van der Waals surface area contributed by atoms with Gasteiger partial charge in [0, 0.05) is 30.9 Å². The Kier molecular flexibility index (Phi) is 4.67. The first-order valence-corrected chi connectivity index (χ1v) is 6.00. The first-order chi connectivity index (χ1) is 7.50. The molecule has 1 aliphatic heterocycles. The molecule has 1 amide bonds. The minimum atomic E-state index is -0.264. The number of hydrogen-bond donors (Lipinski definition) is 1. The van der Waals surface area contributed by atoms with Gasteiger partial charge in [0.1, 0.15) is 0 Å². The van der Waals surface area contributed by atoms with Gasteiger partial charge >= 0.3 is 5.97 Å². The fourth-order valence-corrected chi connectivity index (χ4v) is 2.43. The molecule has 0 aliphatic carbocycles. The Morgan fingerprint density at radius 2 is 2.19 bits per heavy atom. The van der Waals surface area contributed by atoms with Crippen LogP contribution in [-0.4, -0.2) is 29.4 Å². The fraction of sp³-hybridized carbons (Fsp3) is 0.600. The second kappa shape index (κ2) is 5.79. The van der Waals surface area contributed by atoms with Crippen molar-refractivity contribution < 1.29 is 14.3 Å². The Labute approximate surface area is 99.2 Å². The molecule has 1 heterocycles. The number of ether oxygens (including phenoxy) is 1. The van der Waals surface area contributed by atoms with E-state index in [-0.39, 0.29) is 11.9 Å². The van der Waals surface area contributed by atoms with Gasteiger partial charge in [0.25, 0.3) is 0 Å². The maximum Gasteiger partial charge on any atom is 0.302 e. The summed E-state index contributed by atoms with van der Waals surface area (Å²) in [6, 6.07) is 0. The van der Waals surface area contributed by atoms with E-state index in [1.807, 2.05) is 6.92 Å². The summed E-state index contributed by atoms with van der Waals surface area (Å²) in [7, 11) is 0. The maximum absolute atomic E-state index is 10.9. The average molecular weight is 244 g/mol. The van der Waals surface area contributed by atoms with Crippen LogP contribution in [0.15, 0.2) is 10.6 Å². The third kappa shape index (κ3) is 3.77. The molecular weight excluding hydrogens is 228 g/mol. The van der Waals surface area contributed by atoms with Gasteiger partial charge in [-0.3, -0.25) is 20.0 Å². The van der Waals surface area contributed by atoms with Crippen LogP contribution in [0.1, 0.15) is 27.2 Å². The predicted molar refractivity (Wildman–Crippen MR) is 62.1 cm³/mol. The highest BCUT2D eigenvalue weighted by atomic mass is 32.2. The molecule has 0 unspecified atom stereocenters. The molecule has 0 aromatic rings. The van der Waals surface area contributed by atoms with Crippen LogP contribution in [0.5, 0.6) is 0 Å². The third-order valence-corrected chi connectivity index (χ3v) is 3.34. The minimum Gasteiger partial charge on any atom is -0.466 e. The second-order valence-corrected chi connectivity index (χ2v) is 4.51. The molecule has 6 heteroatoms. The summed E-state index contributed by atoms with van der Waals surface area (Å²) >= 11 is 1.65. The van der Waals surface area contributed by atoms with Gasteiger partial charge in [-0.25, -0.2) is 0 Å². The molecule has 0 atom stereocenters. The number of nitrogens with one attached hydrogen (secondary N) is 1. The lowest BCUT2D eigenvalue weighted by Crippen LogP contribution is -2.37. The summed E-state index contributed by atoms with van der Waals surface area (Å²) in [5, 5.41) is 1.80. The van der Waals surface area contributed by atoms with E-state index in [9.17, 15) is 9.59 Å². The molecule has 1 aliphatic rings. The van der Waals surface area contributed by atoms with Crippen LogP contribution < -0.4 is 5.43 Å². The van der Waals surface area contributed by atoms with Gasteiger partial charge in [-0.1, -0.05) is 0 Å². The number of carbonyl (C=O) groups is 2. The summed E-state index contributed by atoms with van der Waals surface area (Å²) in [5.41, 5.74) is 3.75. The molecule has 0 saturated carbocycles. The van der Waals surface area contributed by atoms with Crippen LogP contribution in [0.2, 0.25) is 0 Å². The molecule has 1 N–H and O–H groups in total. The Morgan fingerprint density at radius 1 is 1.50 bits per heavy atom. The maximum atomic E-state index is 10.9. The molecule has 0 saturated heterocycles. The van der Waals surface area contributed by atoms with E-state index in [1.54, 1.807) is 16.8 Å². The van der Waals surface area contributed by atoms with Gasteiger partial charge in [0.2, 0.25) is 5.91 Å². The second-order valence-electron chi connectivity index (χ2n) is 3.47. The minimum absolute atomic E-state index is 0.0822. The smallest absolute Gasteiger partial charge is 0.302 e. The van der Waals surface area contributed by atoms with Crippen molar-refractivity contribution in [3.05, 3.63) is 10.6 Å². The van der Waals surface area contributed by atoms with Gasteiger partial charge in [-0.15, -0.1) is 11.8 Å². The van der Waals surface area contributed by atoms with Crippen molar-refractivity contribution in [2.45, 2.75) is 27.2 Å². The quantitative estimate of drug-likeness (QED) is 0.754. The summed E-state index contributed by atoms with van der Waals surface area (Å²) in [4.78, 5) is 22.6. The van der Waals surface area contributed by atoms with E-state index >= 15 is 0 Å². The van der Waals surface area contributed by atoms with E-state index in [0.717, 1.165) is 10.6 Å².